The molecule has 1 aromatic carbocycles. The van der Waals surface area contributed by atoms with E-state index >= 15 is 0 Å². The molecule has 1 amide bonds. The monoisotopic (exact) mass is 279 g/mol. The van der Waals surface area contributed by atoms with Gasteiger partial charge in [-0.1, -0.05) is 12.1 Å². The molecule has 0 saturated heterocycles. The molecule has 0 radical (unpaired) electrons. The summed E-state index contributed by atoms with van der Waals surface area (Å²) < 4.78 is 5.61. The molecule has 4 nitrogen and oxygen atoms in total. The highest BCUT2D eigenvalue weighted by Crippen LogP contribution is 2.15. The zero-order valence-electron chi connectivity index (χ0n) is 12.8. The number of amides is 1. The van der Waals surface area contributed by atoms with Crippen molar-refractivity contribution in [3.63, 3.8) is 0 Å². The first kappa shape index (κ1) is 16.5. The van der Waals surface area contributed by atoms with Crippen LogP contribution < -0.4 is 4.74 Å². The average molecular weight is 279 g/mol. The van der Waals surface area contributed by atoms with Crippen LogP contribution >= 0.6 is 0 Å². The molecule has 0 atom stereocenters. The Morgan fingerprint density at radius 3 is 2.70 bits per heavy atom. The van der Waals surface area contributed by atoms with Gasteiger partial charge in [0.25, 0.3) is 0 Å². The molecule has 0 bridgehead atoms. The third-order valence-corrected chi connectivity index (χ3v) is 3.46. The predicted molar refractivity (Wildman–Crippen MR) is 79.8 cm³/mol. The Bertz CT molecular complexity index is 443. The van der Waals surface area contributed by atoms with Crippen LogP contribution in [0.15, 0.2) is 24.3 Å². The fraction of sp³-hybridized carbons (Fsp3) is 0.562. The van der Waals surface area contributed by atoms with Gasteiger partial charge in [0.15, 0.2) is 0 Å². The number of aliphatic hydroxyl groups excluding tert-OH is 1. The molecular weight excluding hydrogens is 254 g/mol. The lowest BCUT2D eigenvalue weighted by Crippen LogP contribution is -2.47. The number of nitrogens with zero attached hydrogens (tertiary/aromatic N) is 1. The number of carbonyl (C=O) groups excluding carboxylic acids is 1. The van der Waals surface area contributed by atoms with E-state index in [0.717, 1.165) is 11.3 Å². The van der Waals surface area contributed by atoms with Crippen molar-refractivity contribution in [3.8, 4) is 5.75 Å². The number of ether oxygens (including phenoxy) is 1. The minimum absolute atomic E-state index is 0.0249. The van der Waals surface area contributed by atoms with Crippen LogP contribution in [0.1, 0.15) is 32.3 Å². The van der Waals surface area contributed by atoms with Gasteiger partial charge in [0.05, 0.1) is 18.8 Å². The summed E-state index contributed by atoms with van der Waals surface area (Å²) in [6.07, 6.45) is 1.09. The average Bonchev–Trinajstić information content (AvgIpc) is 2.42. The van der Waals surface area contributed by atoms with Crippen LogP contribution in [-0.2, 0) is 4.79 Å². The Labute approximate surface area is 121 Å². The molecule has 1 aromatic rings. The van der Waals surface area contributed by atoms with E-state index in [-0.39, 0.29) is 12.5 Å². The highest BCUT2D eigenvalue weighted by molar-refractivity contribution is 5.76. The maximum absolute atomic E-state index is 12.0. The highest BCUT2D eigenvalue weighted by atomic mass is 16.5. The molecule has 4 heteroatoms. The standard InChI is InChI=1S/C16H25NO3/c1-13-7-5-8-14(11-13)20-10-6-9-15(19)17(4)16(2,3)12-18/h5,7-8,11,18H,6,9-10,12H2,1-4H3. The first-order chi connectivity index (χ1) is 9.36. The van der Waals surface area contributed by atoms with E-state index in [9.17, 15) is 9.90 Å². The fourth-order valence-corrected chi connectivity index (χ4v) is 1.73. The Morgan fingerprint density at radius 1 is 1.40 bits per heavy atom. The number of hydrogen-bond donors (Lipinski definition) is 1. The molecule has 112 valence electrons. The second-order valence-electron chi connectivity index (χ2n) is 5.69. The maximum atomic E-state index is 12.0. The lowest BCUT2D eigenvalue weighted by Gasteiger charge is -2.34. The summed E-state index contributed by atoms with van der Waals surface area (Å²) in [6, 6.07) is 7.86. The first-order valence-electron chi connectivity index (χ1n) is 6.94. The van der Waals surface area contributed by atoms with Crippen LogP contribution in [0.25, 0.3) is 0 Å². The minimum atomic E-state index is -0.519. The van der Waals surface area contributed by atoms with Gasteiger partial charge in [-0.15, -0.1) is 0 Å². The second-order valence-corrected chi connectivity index (χ2v) is 5.69. The SMILES string of the molecule is Cc1cccc(OCCCC(=O)N(C)C(C)(C)CO)c1. The van der Waals surface area contributed by atoms with E-state index < -0.39 is 5.54 Å². The smallest absolute Gasteiger partial charge is 0.222 e. The van der Waals surface area contributed by atoms with Crippen LogP contribution in [0, 0.1) is 6.92 Å². The van der Waals surface area contributed by atoms with Gasteiger partial charge in [-0.05, 0) is 44.9 Å². The van der Waals surface area contributed by atoms with Gasteiger partial charge in [0, 0.05) is 13.5 Å². The van der Waals surface area contributed by atoms with E-state index in [1.54, 1.807) is 11.9 Å². The maximum Gasteiger partial charge on any atom is 0.222 e. The summed E-state index contributed by atoms with van der Waals surface area (Å²) in [4.78, 5) is 13.6. The lowest BCUT2D eigenvalue weighted by atomic mass is 10.0. The van der Waals surface area contributed by atoms with E-state index in [1.165, 1.54) is 0 Å². The van der Waals surface area contributed by atoms with Gasteiger partial charge < -0.3 is 14.7 Å². The Kier molecular flexibility index (Phi) is 6.02. The zero-order chi connectivity index (χ0) is 15.2. The summed E-state index contributed by atoms with van der Waals surface area (Å²) >= 11 is 0. The summed E-state index contributed by atoms with van der Waals surface area (Å²) in [6.45, 7) is 6.17. The number of aryl methyl sites for hydroxylation is 1. The van der Waals surface area contributed by atoms with Crippen molar-refractivity contribution in [2.45, 2.75) is 39.2 Å². The quantitative estimate of drug-likeness (QED) is 0.780. The van der Waals surface area contributed by atoms with Crippen LogP contribution in [0.5, 0.6) is 5.75 Å². The Hall–Kier alpha value is -1.55. The van der Waals surface area contributed by atoms with E-state index in [1.807, 2.05) is 45.0 Å². The van der Waals surface area contributed by atoms with Gasteiger partial charge in [-0.25, -0.2) is 0 Å². The molecule has 0 unspecified atom stereocenters. The molecule has 0 saturated carbocycles. The number of benzene rings is 1. The van der Waals surface area contributed by atoms with Crippen LogP contribution in [0.3, 0.4) is 0 Å². The number of rotatable bonds is 7. The van der Waals surface area contributed by atoms with Crippen LogP contribution in [0.4, 0.5) is 0 Å². The molecule has 0 aromatic heterocycles. The largest absolute Gasteiger partial charge is 0.494 e. The molecule has 1 N–H and O–H groups in total. The second kappa shape index (κ2) is 7.29. The van der Waals surface area contributed by atoms with Gasteiger partial charge in [-0.3, -0.25) is 4.79 Å². The lowest BCUT2D eigenvalue weighted by molar-refractivity contribution is -0.136. The number of carbonyl (C=O) groups is 1. The van der Waals surface area contributed by atoms with Gasteiger partial charge in [0.1, 0.15) is 5.75 Å². The third kappa shape index (κ3) is 4.85. The molecule has 0 aliphatic rings. The van der Waals surface area contributed by atoms with Crippen molar-refractivity contribution < 1.29 is 14.6 Å². The molecular formula is C16H25NO3. The van der Waals surface area contributed by atoms with Gasteiger partial charge in [-0.2, -0.15) is 0 Å². The molecule has 0 spiro atoms. The van der Waals surface area contributed by atoms with Crippen LogP contribution in [0.2, 0.25) is 0 Å². The molecule has 0 aliphatic carbocycles. The summed E-state index contributed by atoms with van der Waals surface area (Å²) in [5.41, 5.74) is 0.636. The summed E-state index contributed by atoms with van der Waals surface area (Å²) in [5, 5.41) is 9.24. The molecule has 0 heterocycles. The third-order valence-electron chi connectivity index (χ3n) is 3.46. The van der Waals surface area contributed by atoms with Crippen molar-refractivity contribution in [1.82, 2.24) is 4.90 Å². The zero-order valence-corrected chi connectivity index (χ0v) is 12.8. The fourth-order valence-electron chi connectivity index (χ4n) is 1.73. The van der Waals surface area contributed by atoms with Crippen LogP contribution in [-0.4, -0.2) is 41.7 Å². The topological polar surface area (TPSA) is 49.8 Å². The predicted octanol–water partition coefficient (Wildman–Crippen LogP) is 2.38. The van der Waals surface area contributed by atoms with Crippen molar-refractivity contribution in [2.75, 3.05) is 20.3 Å². The van der Waals surface area contributed by atoms with E-state index in [0.29, 0.717) is 19.4 Å². The first-order valence-corrected chi connectivity index (χ1v) is 6.94. The molecule has 20 heavy (non-hydrogen) atoms. The van der Waals surface area contributed by atoms with Gasteiger partial charge >= 0.3 is 0 Å². The number of aliphatic hydroxyl groups is 1. The normalized spacial score (nSPS) is 11.2. The Morgan fingerprint density at radius 2 is 2.10 bits per heavy atom. The van der Waals surface area contributed by atoms with E-state index in [2.05, 4.69) is 0 Å². The van der Waals surface area contributed by atoms with Gasteiger partial charge in [0.2, 0.25) is 5.91 Å². The molecule has 1 rings (SSSR count). The van der Waals surface area contributed by atoms with Crippen molar-refractivity contribution in [3.05, 3.63) is 29.8 Å². The number of likely N-dealkylation sites (N-methyl/N-ethyl adjacent to an activating group) is 1. The molecule has 0 fully saturated rings. The summed E-state index contributed by atoms with van der Waals surface area (Å²) in [5.74, 6) is 0.860. The minimum Gasteiger partial charge on any atom is -0.494 e. The summed E-state index contributed by atoms with van der Waals surface area (Å²) in [7, 11) is 1.72. The van der Waals surface area contributed by atoms with Crippen molar-refractivity contribution >= 4 is 5.91 Å². The van der Waals surface area contributed by atoms with Crippen molar-refractivity contribution in [2.24, 2.45) is 0 Å². The highest BCUT2D eigenvalue weighted by Gasteiger charge is 2.26. The molecule has 0 aliphatic heterocycles. The Balaban J connectivity index is 2.32. The van der Waals surface area contributed by atoms with Crippen molar-refractivity contribution in [1.29, 1.82) is 0 Å². The van der Waals surface area contributed by atoms with E-state index in [4.69, 9.17) is 4.74 Å². The number of hydrogen-bond acceptors (Lipinski definition) is 3.